The first kappa shape index (κ1) is 14.5. The van der Waals surface area contributed by atoms with Gasteiger partial charge in [-0.25, -0.2) is 4.79 Å². The van der Waals surface area contributed by atoms with Crippen molar-refractivity contribution in [3.05, 3.63) is 45.1 Å². The molecule has 7 heteroatoms. The van der Waals surface area contributed by atoms with Gasteiger partial charge < -0.3 is 16.0 Å². The van der Waals surface area contributed by atoms with Gasteiger partial charge in [-0.3, -0.25) is 4.79 Å². The zero-order valence-electron chi connectivity index (χ0n) is 10.6. The third kappa shape index (κ3) is 3.82. The third-order valence-corrected chi connectivity index (χ3v) is 4.05. The van der Waals surface area contributed by atoms with E-state index in [0.29, 0.717) is 16.3 Å². The van der Waals surface area contributed by atoms with Crippen molar-refractivity contribution < 1.29 is 9.59 Å². The van der Waals surface area contributed by atoms with E-state index in [1.54, 1.807) is 37.4 Å². The molecular formula is C13H12BrN3O2S. The van der Waals surface area contributed by atoms with Crippen LogP contribution in [0.4, 0.5) is 16.2 Å². The summed E-state index contributed by atoms with van der Waals surface area (Å²) in [6, 6.07) is 10.2. The maximum absolute atomic E-state index is 11.9. The summed E-state index contributed by atoms with van der Waals surface area (Å²) in [7, 11) is 1.54. The molecule has 1 aromatic carbocycles. The molecule has 3 amide bonds. The molecule has 0 aliphatic carbocycles. The molecule has 0 saturated carbocycles. The van der Waals surface area contributed by atoms with Crippen LogP contribution in [0.5, 0.6) is 0 Å². The molecule has 0 bridgehead atoms. The van der Waals surface area contributed by atoms with Gasteiger partial charge in [-0.05, 0) is 52.3 Å². The first-order chi connectivity index (χ1) is 9.58. The molecule has 0 atom stereocenters. The fourth-order valence-electron chi connectivity index (χ4n) is 1.46. The third-order valence-electron chi connectivity index (χ3n) is 2.42. The average Bonchev–Trinajstić information content (AvgIpc) is 2.87. The SMILES string of the molecule is CNC(=O)Nc1ccc(NC(=O)c2ccc(Br)s2)cc1. The smallest absolute Gasteiger partial charge is 0.318 e. The minimum absolute atomic E-state index is 0.160. The average molecular weight is 354 g/mol. The van der Waals surface area contributed by atoms with E-state index in [-0.39, 0.29) is 11.9 Å². The number of halogens is 1. The van der Waals surface area contributed by atoms with Gasteiger partial charge in [0, 0.05) is 18.4 Å². The first-order valence-electron chi connectivity index (χ1n) is 5.74. The van der Waals surface area contributed by atoms with Crippen LogP contribution in [-0.4, -0.2) is 19.0 Å². The van der Waals surface area contributed by atoms with Crippen LogP contribution in [0.25, 0.3) is 0 Å². The molecule has 0 aliphatic rings. The second-order valence-electron chi connectivity index (χ2n) is 3.84. The van der Waals surface area contributed by atoms with Crippen molar-refractivity contribution in [3.63, 3.8) is 0 Å². The molecule has 2 rings (SSSR count). The van der Waals surface area contributed by atoms with E-state index >= 15 is 0 Å². The molecule has 3 N–H and O–H groups in total. The summed E-state index contributed by atoms with van der Waals surface area (Å²) in [5.41, 5.74) is 1.32. The summed E-state index contributed by atoms with van der Waals surface area (Å²) < 4.78 is 0.910. The fraction of sp³-hybridized carbons (Fsp3) is 0.0769. The van der Waals surface area contributed by atoms with E-state index in [1.807, 2.05) is 6.07 Å². The standard InChI is InChI=1S/C13H12BrN3O2S/c1-15-13(19)17-9-4-2-8(3-5-9)16-12(18)10-6-7-11(14)20-10/h2-7H,1H3,(H,16,18)(H2,15,17,19). The number of benzene rings is 1. The van der Waals surface area contributed by atoms with Crippen LogP contribution in [0, 0.1) is 0 Å². The highest BCUT2D eigenvalue weighted by molar-refractivity contribution is 9.11. The Bertz CT molecular complexity index is 625. The van der Waals surface area contributed by atoms with Crippen molar-refractivity contribution in [2.45, 2.75) is 0 Å². The van der Waals surface area contributed by atoms with Gasteiger partial charge in [-0.2, -0.15) is 0 Å². The van der Waals surface area contributed by atoms with Gasteiger partial charge in [0.1, 0.15) is 0 Å². The van der Waals surface area contributed by atoms with Gasteiger partial charge in [-0.1, -0.05) is 0 Å². The van der Waals surface area contributed by atoms with Gasteiger partial charge >= 0.3 is 6.03 Å². The van der Waals surface area contributed by atoms with E-state index in [2.05, 4.69) is 31.9 Å². The Morgan fingerprint density at radius 2 is 1.60 bits per heavy atom. The quantitative estimate of drug-likeness (QED) is 0.789. The molecule has 5 nitrogen and oxygen atoms in total. The van der Waals surface area contributed by atoms with Gasteiger partial charge in [0.25, 0.3) is 5.91 Å². The molecule has 0 saturated heterocycles. The van der Waals surface area contributed by atoms with Crippen molar-refractivity contribution in [3.8, 4) is 0 Å². The van der Waals surface area contributed by atoms with E-state index in [4.69, 9.17) is 0 Å². The number of thiophene rings is 1. The summed E-state index contributed by atoms with van der Waals surface area (Å²) in [6.07, 6.45) is 0. The van der Waals surface area contributed by atoms with Crippen molar-refractivity contribution in [2.75, 3.05) is 17.7 Å². The minimum Gasteiger partial charge on any atom is -0.341 e. The number of hydrogen-bond acceptors (Lipinski definition) is 3. The molecule has 1 heterocycles. The number of nitrogens with one attached hydrogen (secondary N) is 3. The lowest BCUT2D eigenvalue weighted by atomic mass is 10.2. The van der Waals surface area contributed by atoms with E-state index in [9.17, 15) is 9.59 Å². The number of urea groups is 1. The lowest BCUT2D eigenvalue weighted by molar-refractivity contribution is 0.103. The number of hydrogen-bond donors (Lipinski definition) is 3. The highest BCUT2D eigenvalue weighted by atomic mass is 79.9. The Labute approximate surface area is 128 Å². The van der Waals surface area contributed by atoms with Crippen LogP contribution < -0.4 is 16.0 Å². The van der Waals surface area contributed by atoms with E-state index in [0.717, 1.165) is 3.79 Å². The minimum atomic E-state index is -0.287. The Morgan fingerprint density at radius 3 is 2.10 bits per heavy atom. The Kier molecular flexibility index (Phi) is 4.75. The lowest BCUT2D eigenvalue weighted by Crippen LogP contribution is -2.24. The molecule has 0 aliphatic heterocycles. The molecule has 20 heavy (non-hydrogen) atoms. The molecule has 0 unspecified atom stereocenters. The summed E-state index contributed by atoms with van der Waals surface area (Å²) in [6.45, 7) is 0. The zero-order chi connectivity index (χ0) is 14.5. The molecule has 0 fully saturated rings. The van der Waals surface area contributed by atoms with E-state index < -0.39 is 0 Å². The number of carbonyl (C=O) groups is 2. The van der Waals surface area contributed by atoms with E-state index in [1.165, 1.54) is 11.3 Å². The van der Waals surface area contributed by atoms with Gasteiger partial charge in [0.15, 0.2) is 0 Å². The highest BCUT2D eigenvalue weighted by Gasteiger charge is 2.08. The Morgan fingerprint density at radius 1 is 1.00 bits per heavy atom. The number of carbonyl (C=O) groups excluding carboxylic acids is 2. The van der Waals surface area contributed by atoms with Crippen LogP contribution in [0.1, 0.15) is 9.67 Å². The molecular weight excluding hydrogens is 342 g/mol. The van der Waals surface area contributed by atoms with Crippen LogP contribution in [0.3, 0.4) is 0 Å². The highest BCUT2D eigenvalue weighted by Crippen LogP contribution is 2.23. The van der Waals surface area contributed by atoms with Gasteiger partial charge in [0.05, 0.1) is 8.66 Å². The summed E-state index contributed by atoms with van der Waals surface area (Å²) in [4.78, 5) is 23.7. The molecule has 2 aromatic rings. The van der Waals surface area contributed by atoms with Crippen LogP contribution in [0.2, 0.25) is 0 Å². The van der Waals surface area contributed by atoms with Crippen molar-refractivity contribution in [1.82, 2.24) is 5.32 Å². The summed E-state index contributed by atoms with van der Waals surface area (Å²) >= 11 is 4.69. The largest absolute Gasteiger partial charge is 0.341 e. The molecule has 0 spiro atoms. The van der Waals surface area contributed by atoms with Gasteiger partial charge in [0.2, 0.25) is 0 Å². The number of anilines is 2. The normalized spacial score (nSPS) is 9.90. The predicted octanol–water partition coefficient (Wildman–Crippen LogP) is 3.51. The maximum Gasteiger partial charge on any atom is 0.318 e. The summed E-state index contributed by atoms with van der Waals surface area (Å²) in [5, 5.41) is 7.89. The van der Waals surface area contributed by atoms with Crippen LogP contribution >= 0.6 is 27.3 Å². The Hall–Kier alpha value is -1.86. The van der Waals surface area contributed by atoms with Crippen LogP contribution in [-0.2, 0) is 0 Å². The first-order valence-corrected chi connectivity index (χ1v) is 7.35. The van der Waals surface area contributed by atoms with Crippen molar-refractivity contribution in [2.24, 2.45) is 0 Å². The zero-order valence-corrected chi connectivity index (χ0v) is 13.0. The lowest BCUT2D eigenvalue weighted by Gasteiger charge is -2.06. The monoisotopic (exact) mass is 353 g/mol. The number of rotatable bonds is 3. The summed E-state index contributed by atoms with van der Waals surface area (Å²) in [5.74, 6) is -0.160. The van der Waals surface area contributed by atoms with Crippen LogP contribution in [0.15, 0.2) is 40.2 Å². The fourth-order valence-corrected chi connectivity index (χ4v) is 2.74. The predicted molar refractivity (Wildman–Crippen MR) is 84.5 cm³/mol. The maximum atomic E-state index is 11.9. The Balaban J connectivity index is 2.00. The topological polar surface area (TPSA) is 70.2 Å². The second-order valence-corrected chi connectivity index (χ2v) is 6.30. The van der Waals surface area contributed by atoms with Crippen molar-refractivity contribution >= 4 is 50.6 Å². The number of amides is 3. The second kappa shape index (κ2) is 6.53. The van der Waals surface area contributed by atoms with Gasteiger partial charge in [-0.15, -0.1) is 11.3 Å². The molecule has 0 radical (unpaired) electrons. The van der Waals surface area contributed by atoms with Crippen molar-refractivity contribution in [1.29, 1.82) is 0 Å². The molecule has 1 aromatic heterocycles. The molecule has 104 valence electrons.